The number of furan rings is 1. The predicted octanol–water partition coefficient (Wildman–Crippen LogP) is 4.17. The van der Waals surface area contributed by atoms with Crippen molar-refractivity contribution in [3.63, 3.8) is 0 Å². The molecule has 174 valence electrons. The van der Waals surface area contributed by atoms with Crippen molar-refractivity contribution in [2.75, 3.05) is 36.8 Å². The van der Waals surface area contributed by atoms with Crippen LogP contribution < -0.4 is 4.90 Å². The first-order chi connectivity index (χ1) is 16.7. The summed E-state index contributed by atoms with van der Waals surface area (Å²) in [4.78, 5) is 16.7. The molecule has 0 spiro atoms. The van der Waals surface area contributed by atoms with E-state index in [1.165, 1.54) is 17.8 Å². The van der Waals surface area contributed by atoms with Crippen LogP contribution in [0.5, 0.6) is 0 Å². The Morgan fingerprint density at radius 1 is 0.941 bits per heavy atom. The van der Waals surface area contributed by atoms with Crippen LogP contribution in [0.4, 0.5) is 10.1 Å². The second-order valence-corrected chi connectivity index (χ2v) is 8.91. The number of hydrogen-bond acceptors (Lipinski definition) is 6. The molecule has 3 heterocycles. The minimum absolute atomic E-state index is 0.0343. The number of halogens is 1. The van der Waals surface area contributed by atoms with Gasteiger partial charge in [0.2, 0.25) is 11.7 Å². The van der Waals surface area contributed by atoms with Gasteiger partial charge in [0.15, 0.2) is 10.9 Å². The fourth-order valence-electron chi connectivity index (χ4n) is 4.01. The fourth-order valence-corrected chi connectivity index (χ4v) is 4.86. The third-order valence-electron chi connectivity index (χ3n) is 5.79. The lowest BCUT2D eigenvalue weighted by molar-refractivity contribution is -0.128. The molecule has 4 aromatic rings. The Balaban J connectivity index is 1.24. The smallest absolute Gasteiger partial charge is 0.233 e. The summed E-state index contributed by atoms with van der Waals surface area (Å²) >= 11 is 1.37. The molecule has 1 saturated heterocycles. The fraction of sp³-hybridized carbons (Fsp3) is 0.240. The lowest BCUT2D eigenvalue weighted by atomic mass is 10.2. The van der Waals surface area contributed by atoms with Gasteiger partial charge in [-0.1, -0.05) is 54.2 Å². The van der Waals surface area contributed by atoms with Gasteiger partial charge in [-0.2, -0.15) is 0 Å². The van der Waals surface area contributed by atoms with E-state index in [-0.39, 0.29) is 17.5 Å². The highest BCUT2D eigenvalue weighted by molar-refractivity contribution is 7.99. The van der Waals surface area contributed by atoms with Crippen LogP contribution in [-0.2, 0) is 11.3 Å². The molecule has 2 aromatic carbocycles. The van der Waals surface area contributed by atoms with Crippen LogP contribution in [0.2, 0.25) is 0 Å². The second kappa shape index (κ2) is 10.1. The Kier molecular flexibility index (Phi) is 6.62. The number of rotatable bonds is 7. The molecular weight excluding hydrogens is 453 g/mol. The highest BCUT2D eigenvalue weighted by Crippen LogP contribution is 2.26. The zero-order chi connectivity index (χ0) is 23.3. The molecule has 0 saturated carbocycles. The van der Waals surface area contributed by atoms with Gasteiger partial charge < -0.3 is 14.2 Å². The number of carbonyl (C=O) groups excluding carboxylic acids is 1. The van der Waals surface area contributed by atoms with E-state index in [1.54, 1.807) is 18.4 Å². The highest BCUT2D eigenvalue weighted by Gasteiger charge is 2.24. The zero-order valence-corrected chi connectivity index (χ0v) is 19.3. The van der Waals surface area contributed by atoms with E-state index >= 15 is 0 Å². The van der Waals surface area contributed by atoms with Crippen molar-refractivity contribution in [1.82, 2.24) is 19.7 Å². The maximum atomic E-state index is 14.1. The topological polar surface area (TPSA) is 67.4 Å². The molecule has 7 nitrogen and oxygen atoms in total. The first-order valence-electron chi connectivity index (χ1n) is 11.1. The van der Waals surface area contributed by atoms with E-state index < -0.39 is 0 Å². The van der Waals surface area contributed by atoms with E-state index in [0.29, 0.717) is 55.2 Å². The van der Waals surface area contributed by atoms with Gasteiger partial charge in [-0.05, 0) is 29.8 Å². The van der Waals surface area contributed by atoms with Crippen LogP contribution in [0.1, 0.15) is 5.56 Å². The molecule has 2 aromatic heterocycles. The summed E-state index contributed by atoms with van der Waals surface area (Å²) in [6, 6.07) is 20.5. The number of para-hydroxylation sites is 1. The van der Waals surface area contributed by atoms with Gasteiger partial charge in [0, 0.05) is 26.2 Å². The molecule has 1 aliphatic heterocycles. The number of benzene rings is 2. The molecule has 1 fully saturated rings. The average molecular weight is 478 g/mol. The lowest BCUT2D eigenvalue weighted by Gasteiger charge is -2.36. The van der Waals surface area contributed by atoms with Gasteiger partial charge in [-0.3, -0.25) is 9.36 Å². The number of nitrogens with zero attached hydrogens (tertiary/aromatic N) is 5. The number of hydrogen-bond donors (Lipinski definition) is 0. The third kappa shape index (κ3) is 4.84. The Labute approximate surface area is 201 Å². The molecule has 1 aliphatic rings. The van der Waals surface area contributed by atoms with Crippen molar-refractivity contribution in [1.29, 1.82) is 0 Å². The zero-order valence-electron chi connectivity index (χ0n) is 18.5. The number of anilines is 1. The van der Waals surface area contributed by atoms with Crippen LogP contribution in [0.25, 0.3) is 11.6 Å². The summed E-state index contributed by atoms with van der Waals surface area (Å²) in [6.07, 6.45) is 1.61. The molecule has 0 aliphatic carbocycles. The minimum atomic E-state index is -0.233. The van der Waals surface area contributed by atoms with Crippen LogP contribution in [-0.4, -0.2) is 57.5 Å². The maximum absolute atomic E-state index is 14.1. The number of piperazine rings is 1. The Hall–Kier alpha value is -3.59. The SMILES string of the molecule is O=C(CSc1nnc(-c2ccco2)n1Cc1ccccc1)N1CCN(c2ccccc2F)CC1. The highest BCUT2D eigenvalue weighted by atomic mass is 32.2. The van der Waals surface area contributed by atoms with E-state index in [0.717, 1.165) is 5.56 Å². The van der Waals surface area contributed by atoms with Crippen molar-refractivity contribution < 1.29 is 13.6 Å². The molecule has 1 amide bonds. The molecule has 9 heteroatoms. The molecule has 0 bridgehead atoms. The van der Waals surface area contributed by atoms with E-state index in [9.17, 15) is 9.18 Å². The van der Waals surface area contributed by atoms with Crippen LogP contribution in [0, 0.1) is 5.82 Å². The normalized spacial score (nSPS) is 13.9. The third-order valence-corrected chi connectivity index (χ3v) is 6.74. The van der Waals surface area contributed by atoms with Crippen LogP contribution in [0.3, 0.4) is 0 Å². The first-order valence-corrected chi connectivity index (χ1v) is 12.1. The molecular formula is C25H24FN5O2S. The van der Waals surface area contributed by atoms with Crippen molar-refractivity contribution in [3.8, 4) is 11.6 Å². The lowest BCUT2D eigenvalue weighted by Crippen LogP contribution is -2.49. The Morgan fingerprint density at radius 2 is 1.71 bits per heavy atom. The molecule has 5 rings (SSSR count). The Bertz CT molecular complexity index is 1240. The standard InChI is InChI=1S/C25H24FN5O2S/c26-20-9-4-5-10-21(20)29-12-14-30(15-13-29)23(32)18-34-25-28-27-24(22-11-6-16-33-22)31(25)17-19-7-2-1-3-8-19/h1-11,16H,12-15,17-18H2. The van der Waals surface area contributed by atoms with Crippen LogP contribution in [0.15, 0.2) is 82.6 Å². The minimum Gasteiger partial charge on any atom is -0.461 e. The van der Waals surface area contributed by atoms with Gasteiger partial charge in [-0.15, -0.1) is 10.2 Å². The summed E-state index contributed by atoms with van der Waals surface area (Å²) in [5.74, 6) is 1.31. The molecule has 0 atom stereocenters. The molecule has 0 N–H and O–H groups in total. The van der Waals surface area contributed by atoms with Crippen molar-refractivity contribution in [2.24, 2.45) is 0 Å². The quantitative estimate of drug-likeness (QED) is 0.372. The van der Waals surface area contributed by atoms with Crippen LogP contribution >= 0.6 is 11.8 Å². The summed E-state index contributed by atoms with van der Waals surface area (Å²) in [5, 5.41) is 9.33. The van der Waals surface area contributed by atoms with Gasteiger partial charge in [0.25, 0.3) is 0 Å². The van der Waals surface area contributed by atoms with Gasteiger partial charge in [0.05, 0.1) is 24.2 Å². The summed E-state index contributed by atoms with van der Waals surface area (Å²) in [6.45, 7) is 2.89. The van der Waals surface area contributed by atoms with E-state index in [4.69, 9.17) is 4.42 Å². The van der Waals surface area contributed by atoms with Gasteiger partial charge in [-0.25, -0.2) is 4.39 Å². The maximum Gasteiger partial charge on any atom is 0.233 e. The van der Waals surface area contributed by atoms with Crippen molar-refractivity contribution in [3.05, 3.63) is 84.4 Å². The number of thioether (sulfide) groups is 1. The van der Waals surface area contributed by atoms with E-state index in [1.807, 2.05) is 62.9 Å². The average Bonchev–Trinajstić information content (AvgIpc) is 3.54. The van der Waals surface area contributed by atoms with E-state index in [2.05, 4.69) is 10.2 Å². The largest absolute Gasteiger partial charge is 0.461 e. The van der Waals surface area contributed by atoms with Gasteiger partial charge in [0.1, 0.15) is 5.82 Å². The molecule has 0 unspecified atom stereocenters. The van der Waals surface area contributed by atoms with Crippen molar-refractivity contribution in [2.45, 2.75) is 11.7 Å². The number of amides is 1. The number of aromatic nitrogens is 3. The summed E-state index contributed by atoms with van der Waals surface area (Å²) < 4.78 is 21.6. The summed E-state index contributed by atoms with van der Waals surface area (Å²) in [5.41, 5.74) is 1.69. The van der Waals surface area contributed by atoms with Gasteiger partial charge >= 0.3 is 0 Å². The molecule has 0 radical (unpaired) electrons. The monoisotopic (exact) mass is 477 g/mol. The second-order valence-electron chi connectivity index (χ2n) is 7.96. The summed E-state index contributed by atoms with van der Waals surface area (Å²) in [7, 11) is 0. The first kappa shape index (κ1) is 22.2. The number of carbonyl (C=O) groups is 1. The predicted molar refractivity (Wildman–Crippen MR) is 129 cm³/mol. The molecule has 34 heavy (non-hydrogen) atoms. The van der Waals surface area contributed by atoms with Crippen molar-refractivity contribution >= 4 is 23.4 Å². The Morgan fingerprint density at radius 3 is 2.44 bits per heavy atom.